The molecule has 5 rings (SSSR count). The molecule has 2 atom stereocenters. The van der Waals surface area contributed by atoms with Crippen LogP contribution in [-0.2, 0) is 25.5 Å². The van der Waals surface area contributed by atoms with E-state index in [-0.39, 0.29) is 54.5 Å². The Labute approximate surface area is 250 Å². The molecule has 2 aliphatic rings. The fourth-order valence-corrected chi connectivity index (χ4v) is 7.45. The van der Waals surface area contributed by atoms with Gasteiger partial charge in [0.1, 0.15) is 0 Å². The van der Waals surface area contributed by atoms with Gasteiger partial charge in [-0.2, -0.15) is 0 Å². The van der Waals surface area contributed by atoms with E-state index in [1.54, 1.807) is 0 Å². The van der Waals surface area contributed by atoms with Crippen molar-refractivity contribution in [3.8, 4) is 11.3 Å². The van der Waals surface area contributed by atoms with Crippen LogP contribution < -0.4 is 0 Å². The summed E-state index contributed by atoms with van der Waals surface area (Å²) in [7, 11) is 0. The Morgan fingerprint density at radius 1 is 0.872 bits per heavy atom. The summed E-state index contributed by atoms with van der Waals surface area (Å²) in [6.07, 6.45) is 7.66. The van der Waals surface area contributed by atoms with Gasteiger partial charge in [0.25, 0.3) is 0 Å². The molecule has 0 spiro atoms. The number of hydrogen-bond donors (Lipinski definition) is 2. The van der Waals surface area contributed by atoms with Crippen molar-refractivity contribution >= 4 is 10.8 Å². The first-order valence-electron chi connectivity index (χ1n) is 14.8. The van der Waals surface area contributed by atoms with Gasteiger partial charge in [-0.15, -0.1) is 35.9 Å². The van der Waals surface area contributed by atoms with Gasteiger partial charge < -0.3 is 15.2 Å². The van der Waals surface area contributed by atoms with Crippen molar-refractivity contribution in [2.75, 3.05) is 0 Å². The van der Waals surface area contributed by atoms with Gasteiger partial charge >= 0.3 is 0 Å². The molecule has 1 aromatic heterocycles. The van der Waals surface area contributed by atoms with Gasteiger partial charge in [-0.1, -0.05) is 66.7 Å². The third kappa shape index (κ3) is 5.91. The molecule has 2 aromatic carbocycles. The van der Waals surface area contributed by atoms with Gasteiger partial charge in [0.05, 0.1) is 12.2 Å². The molecule has 215 valence electrons. The molecule has 2 saturated carbocycles. The molecular weight excluding hydrogens is 659 g/mol. The van der Waals surface area contributed by atoms with Crippen LogP contribution in [0.2, 0.25) is 0 Å². The normalized spacial score (nSPS) is 24.9. The maximum absolute atomic E-state index is 10.7. The van der Waals surface area contributed by atoms with Gasteiger partial charge in [-0.25, -0.2) is 0 Å². The van der Waals surface area contributed by atoms with Crippen LogP contribution in [0.25, 0.3) is 22.0 Å². The molecule has 0 bridgehead atoms. The SMILES string of the molecule is CC(C)(C)c1ccc2c(-c3[c-]cccc3)nccc2c1.CCC1(CC)CC2CC(CC)(CC)C(O)C2C1O.[Ir]. The second-order valence-corrected chi connectivity index (χ2v) is 12.9. The number of nitrogens with zero attached hydrogens (tertiary/aromatic N) is 1. The first-order chi connectivity index (χ1) is 18.1. The molecule has 2 aliphatic carbocycles. The van der Waals surface area contributed by atoms with Crippen molar-refractivity contribution in [1.82, 2.24) is 4.98 Å². The van der Waals surface area contributed by atoms with E-state index < -0.39 is 0 Å². The average molecular weight is 707 g/mol. The quantitative estimate of drug-likeness (QED) is 0.263. The van der Waals surface area contributed by atoms with Crippen LogP contribution in [0, 0.1) is 28.7 Å². The second kappa shape index (κ2) is 12.5. The minimum Gasteiger partial charge on any atom is -0.392 e. The molecule has 2 N–H and O–H groups in total. The minimum atomic E-state index is -0.299. The van der Waals surface area contributed by atoms with E-state index in [0.717, 1.165) is 49.8 Å². The molecular formula is C35H48IrNO2-. The number of pyridine rings is 1. The van der Waals surface area contributed by atoms with Gasteiger partial charge in [-0.05, 0) is 88.8 Å². The molecule has 3 nitrogen and oxygen atoms in total. The summed E-state index contributed by atoms with van der Waals surface area (Å²) in [4.78, 5) is 4.54. The Hall–Kier alpha value is -1.58. The van der Waals surface area contributed by atoms with Gasteiger partial charge in [-0.3, -0.25) is 0 Å². The predicted molar refractivity (Wildman–Crippen MR) is 159 cm³/mol. The Morgan fingerprint density at radius 2 is 1.46 bits per heavy atom. The Kier molecular flexibility index (Phi) is 10.3. The predicted octanol–water partition coefficient (Wildman–Crippen LogP) is 8.36. The van der Waals surface area contributed by atoms with Crippen LogP contribution in [0.5, 0.6) is 0 Å². The average Bonchev–Trinajstić information content (AvgIpc) is 3.37. The van der Waals surface area contributed by atoms with Crippen LogP contribution in [0.15, 0.2) is 54.7 Å². The van der Waals surface area contributed by atoms with Crippen molar-refractivity contribution in [3.63, 3.8) is 0 Å². The van der Waals surface area contributed by atoms with E-state index in [0.29, 0.717) is 5.92 Å². The molecule has 1 radical (unpaired) electrons. The molecule has 2 unspecified atom stereocenters. The maximum Gasteiger partial charge on any atom is 0.0651 e. The minimum absolute atomic E-state index is 0. The zero-order chi connectivity index (χ0) is 27.7. The monoisotopic (exact) mass is 707 g/mol. The summed E-state index contributed by atoms with van der Waals surface area (Å²) in [5, 5.41) is 23.9. The number of aromatic nitrogens is 1. The van der Waals surface area contributed by atoms with Crippen molar-refractivity contribution in [2.45, 2.75) is 105 Å². The fraction of sp³-hybridized carbons (Fsp3) is 0.571. The number of hydrogen-bond acceptors (Lipinski definition) is 3. The maximum atomic E-state index is 10.7. The molecule has 0 saturated heterocycles. The summed E-state index contributed by atoms with van der Waals surface area (Å²) in [5.41, 5.74) is 3.70. The summed E-state index contributed by atoms with van der Waals surface area (Å²) in [6.45, 7) is 15.5. The number of rotatable bonds is 5. The Balaban J connectivity index is 0.000000211. The Morgan fingerprint density at radius 3 is 1.92 bits per heavy atom. The number of benzene rings is 2. The third-order valence-corrected chi connectivity index (χ3v) is 10.3. The first-order valence-corrected chi connectivity index (χ1v) is 14.8. The number of aliphatic hydroxyl groups excluding tert-OH is 2. The molecule has 0 amide bonds. The van der Waals surface area contributed by atoms with E-state index >= 15 is 0 Å². The van der Waals surface area contributed by atoms with E-state index in [2.05, 4.69) is 89.8 Å². The van der Waals surface area contributed by atoms with Crippen molar-refractivity contribution in [2.24, 2.45) is 22.7 Å². The zero-order valence-electron chi connectivity index (χ0n) is 24.9. The van der Waals surface area contributed by atoms with E-state index in [1.807, 2.05) is 24.4 Å². The Bertz CT molecular complexity index is 1180. The molecule has 1 heterocycles. The second-order valence-electron chi connectivity index (χ2n) is 12.9. The van der Waals surface area contributed by atoms with Gasteiger partial charge in [0.15, 0.2) is 0 Å². The third-order valence-electron chi connectivity index (χ3n) is 10.3. The summed E-state index contributed by atoms with van der Waals surface area (Å²) < 4.78 is 0. The number of aliphatic hydroxyl groups is 2. The zero-order valence-corrected chi connectivity index (χ0v) is 27.3. The summed E-state index contributed by atoms with van der Waals surface area (Å²) >= 11 is 0. The molecule has 3 aromatic rings. The summed E-state index contributed by atoms with van der Waals surface area (Å²) in [5.74, 6) is 0.666. The molecule has 4 heteroatoms. The van der Waals surface area contributed by atoms with Crippen molar-refractivity contribution < 1.29 is 30.3 Å². The van der Waals surface area contributed by atoms with E-state index in [9.17, 15) is 10.2 Å². The summed E-state index contributed by atoms with van der Waals surface area (Å²) in [6, 6.07) is 20.0. The largest absolute Gasteiger partial charge is 0.392 e. The van der Waals surface area contributed by atoms with Crippen molar-refractivity contribution in [3.05, 3.63) is 66.4 Å². The smallest absolute Gasteiger partial charge is 0.0651 e. The topological polar surface area (TPSA) is 53.4 Å². The number of fused-ring (bicyclic) bond motifs is 2. The molecule has 0 aliphatic heterocycles. The van der Waals surface area contributed by atoms with E-state index in [1.165, 1.54) is 16.3 Å². The van der Waals surface area contributed by atoms with Crippen LogP contribution in [0.3, 0.4) is 0 Å². The standard InChI is InChI=1S/C19H18N.C16H30O2.Ir/c1-19(2,3)16-9-10-17-15(13-16)11-12-20-18(17)14-7-5-4-6-8-14;1-5-15(6-2)9-11-10-16(7-3,8-4)14(18)12(11)13(15)17;/h4-7,9-13H,1-3H3;11-14,17-18H,5-10H2,1-4H3;/q-1;;. The fourth-order valence-electron chi connectivity index (χ4n) is 7.45. The van der Waals surface area contributed by atoms with E-state index in [4.69, 9.17) is 0 Å². The molecule has 2 fully saturated rings. The van der Waals surface area contributed by atoms with Crippen molar-refractivity contribution in [1.29, 1.82) is 0 Å². The van der Waals surface area contributed by atoms with Crippen LogP contribution in [-0.4, -0.2) is 27.4 Å². The molecule has 39 heavy (non-hydrogen) atoms. The van der Waals surface area contributed by atoms with Crippen LogP contribution in [0.4, 0.5) is 0 Å². The van der Waals surface area contributed by atoms with Crippen LogP contribution in [0.1, 0.15) is 92.6 Å². The van der Waals surface area contributed by atoms with Gasteiger partial charge in [0, 0.05) is 32.2 Å². The van der Waals surface area contributed by atoms with Gasteiger partial charge in [0.2, 0.25) is 0 Å². The van der Waals surface area contributed by atoms with Crippen LogP contribution >= 0.6 is 0 Å². The first kappa shape index (κ1) is 31.9.